The minimum Gasteiger partial charge on any atom is -0.391 e. The van der Waals surface area contributed by atoms with Crippen molar-refractivity contribution in [3.05, 3.63) is 35.0 Å². The number of benzene rings is 1. The molecular weight excluding hydrogens is 428 g/mol. The summed E-state index contributed by atoms with van der Waals surface area (Å²) in [5.41, 5.74) is 3.23. The number of β-amino-alcohol motifs (C(OH)–C–C–N with tert-alkyl or cyclic N) is 1. The first-order valence-electron chi connectivity index (χ1n) is 11.8. The van der Waals surface area contributed by atoms with Crippen LogP contribution in [0.25, 0.3) is 10.9 Å². The molecular formula is C24H32N2O5S. The zero-order chi connectivity index (χ0) is 22.5. The minimum atomic E-state index is -3.45. The normalized spacial score (nSPS) is 24.8. The van der Waals surface area contributed by atoms with Crippen LogP contribution in [0.4, 0.5) is 0 Å². The number of fused-ring (bicyclic) bond motifs is 3. The van der Waals surface area contributed by atoms with E-state index in [0.717, 1.165) is 62.0 Å². The predicted octanol–water partition coefficient (Wildman–Crippen LogP) is 2.58. The summed E-state index contributed by atoms with van der Waals surface area (Å²) in [6, 6.07) is 5.41. The van der Waals surface area contributed by atoms with Crippen molar-refractivity contribution in [2.75, 3.05) is 32.1 Å². The Kier molecular flexibility index (Phi) is 5.80. The highest BCUT2D eigenvalue weighted by Gasteiger charge is 2.34. The van der Waals surface area contributed by atoms with Crippen molar-refractivity contribution in [3.63, 3.8) is 0 Å². The van der Waals surface area contributed by atoms with Crippen LogP contribution in [0.15, 0.2) is 18.2 Å². The molecule has 3 aliphatic rings. The number of rotatable bonds is 4. The van der Waals surface area contributed by atoms with Crippen LogP contribution in [-0.2, 0) is 27.6 Å². The van der Waals surface area contributed by atoms with E-state index in [1.807, 2.05) is 6.07 Å². The molecule has 1 amide bonds. The number of likely N-dealkylation sites (tertiary alicyclic amines) is 1. The summed E-state index contributed by atoms with van der Waals surface area (Å²) in [6.45, 7) is 4.19. The van der Waals surface area contributed by atoms with Gasteiger partial charge in [-0.3, -0.25) is 4.79 Å². The molecule has 1 aromatic heterocycles. The van der Waals surface area contributed by atoms with Gasteiger partial charge in [0.15, 0.2) is 0 Å². The van der Waals surface area contributed by atoms with Crippen molar-refractivity contribution in [3.8, 4) is 0 Å². The molecule has 2 unspecified atom stereocenters. The fourth-order valence-corrected chi connectivity index (χ4v) is 7.08. The Hall–Kier alpha value is -1.90. The second kappa shape index (κ2) is 8.47. The number of ether oxygens (including phenoxy) is 1. The summed E-state index contributed by atoms with van der Waals surface area (Å²) in [6.07, 6.45) is 4.84. The van der Waals surface area contributed by atoms with E-state index in [1.54, 1.807) is 27.9 Å². The number of aliphatic hydroxyl groups is 1. The first-order valence-corrected chi connectivity index (χ1v) is 13.4. The lowest BCUT2D eigenvalue weighted by atomic mass is 9.75. The van der Waals surface area contributed by atoms with E-state index < -0.39 is 16.1 Å². The van der Waals surface area contributed by atoms with E-state index >= 15 is 0 Å². The Balaban J connectivity index is 1.58. The molecule has 32 heavy (non-hydrogen) atoms. The molecule has 7 nitrogen and oxygen atoms in total. The van der Waals surface area contributed by atoms with Gasteiger partial charge in [-0.1, -0.05) is 0 Å². The van der Waals surface area contributed by atoms with Crippen molar-refractivity contribution in [1.29, 1.82) is 0 Å². The van der Waals surface area contributed by atoms with Crippen molar-refractivity contribution < 1.29 is 23.1 Å². The third kappa shape index (κ3) is 3.76. The van der Waals surface area contributed by atoms with Crippen molar-refractivity contribution >= 4 is 26.8 Å². The maximum atomic E-state index is 13.1. The summed E-state index contributed by atoms with van der Waals surface area (Å²) >= 11 is 0. The van der Waals surface area contributed by atoms with Crippen LogP contribution < -0.4 is 0 Å². The largest absolute Gasteiger partial charge is 0.391 e. The number of carbonyl (C=O) groups excluding carboxylic acids is 1. The zero-order valence-corrected chi connectivity index (χ0v) is 19.4. The van der Waals surface area contributed by atoms with Gasteiger partial charge in [0.2, 0.25) is 10.0 Å². The maximum Gasteiger partial charge on any atom is 0.253 e. The molecule has 0 radical (unpaired) electrons. The van der Waals surface area contributed by atoms with Crippen molar-refractivity contribution in [2.24, 2.45) is 11.8 Å². The van der Waals surface area contributed by atoms with Crippen LogP contribution in [0, 0.1) is 11.8 Å². The number of hydrogen-bond acceptors (Lipinski definition) is 5. The second-order valence-electron chi connectivity index (χ2n) is 9.47. The molecule has 0 bridgehead atoms. The van der Waals surface area contributed by atoms with Crippen LogP contribution in [0.5, 0.6) is 0 Å². The molecule has 5 rings (SSSR count). The molecule has 1 aliphatic carbocycles. The van der Waals surface area contributed by atoms with Gasteiger partial charge in [-0.15, -0.1) is 0 Å². The van der Waals surface area contributed by atoms with Crippen LogP contribution in [0.3, 0.4) is 0 Å². The lowest BCUT2D eigenvalue weighted by molar-refractivity contribution is 0.0439. The highest BCUT2D eigenvalue weighted by Crippen LogP contribution is 2.40. The quantitative estimate of drug-likeness (QED) is 0.758. The Morgan fingerprint density at radius 3 is 2.62 bits per heavy atom. The average molecular weight is 461 g/mol. The lowest BCUT2D eigenvalue weighted by Gasteiger charge is -2.33. The van der Waals surface area contributed by atoms with Gasteiger partial charge in [0, 0.05) is 42.9 Å². The number of nitrogens with zero attached hydrogens (tertiary/aromatic N) is 2. The van der Waals surface area contributed by atoms with Gasteiger partial charge in [0.25, 0.3) is 5.91 Å². The topological polar surface area (TPSA) is 88.8 Å². The van der Waals surface area contributed by atoms with E-state index in [2.05, 4.69) is 0 Å². The molecule has 2 fully saturated rings. The molecule has 2 atom stereocenters. The summed E-state index contributed by atoms with van der Waals surface area (Å²) in [5, 5.41) is 10.7. The fourth-order valence-electron chi connectivity index (χ4n) is 5.82. The number of aromatic nitrogens is 1. The highest BCUT2D eigenvalue weighted by atomic mass is 32.2. The maximum absolute atomic E-state index is 13.1. The SMILES string of the molecule is CCS(=O)(=O)n1c2c(c3cc(C(=O)N4CCC(O)C4)ccc31)CC(C1CCOCC1)CC2. The van der Waals surface area contributed by atoms with Crippen LogP contribution >= 0.6 is 0 Å². The van der Waals surface area contributed by atoms with Gasteiger partial charge in [-0.05, 0) is 81.0 Å². The fraction of sp³-hybridized carbons (Fsp3) is 0.625. The van der Waals surface area contributed by atoms with E-state index in [-0.39, 0.29) is 11.7 Å². The van der Waals surface area contributed by atoms with Gasteiger partial charge >= 0.3 is 0 Å². The Bertz CT molecular complexity index is 1130. The van der Waals surface area contributed by atoms with Crippen LogP contribution in [-0.4, -0.2) is 66.5 Å². The number of amides is 1. The van der Waals surface area contributed by atoms with Gasteiger partial charge in [0.1, 0.15) is 0 Å². The number of hydrogen-bond donors (Lipinski definition) is 1. The third-order valence-corrected chi connectivity index (χ3v) is 9.33. The molecule has 3 heterocycles. The predicted molar refractivity (Wildman–Crippen MR) is 122 cm³/mol. The van der Waals surface area contributed by atoms with E-state index in [0.29, 0.717) is 42.4 Å². The Morgan fingerprint density at radius 1 is 1.16 bits per heavy atom. The molecule has 8 heteroatoms. The molecule has 0 spiro atoms. The van der Waals surface area contributed by atoms with Gasteiger partial charge in [-0.25, -0.2) is 12.4 Å². The van der Waals surface area contributed by atoms with Crippen LogP contribution in [0.1, 0.15) is 54.2 Å². The van der Waals surface area contributed by atoms with E-state index in [4.69, 9.17) is 4.74 Å². The van der Waals surface area contributed by atoms with Gasteiger partial charge in [0.05, 0.1) is 17.4 Å². The molecule has 0 saturated carbocycles. The van der Waals surface area contributed by atoms with Gasteiger partial charge in [-0.2, -0.15) is 0 Å². The monoisotopic (exact) mass is 460 g/mol. The zero-order valence-electron chi connectivity index (χ0n) is 18.6. The molecule has 2 aromatic rings. The average Bonchev–Trinajstić information content (AvgIpc) is 3.39. The minimum absolute atomic E-state index is 0.0406. The van der Waals surface area contributed by atoms with Crippen LogP contribution in [0.2, 0.25) is 0 Å². The van der Waals surface area contributed by atoms with Gasteiger partial charge < -0.3 is 14.7 Å². The standard InChI is InChI=1S/C24H32N2O5S/c1-2-32(29,30)26-22-5-3-17(16-8-11-31-12-9-16)13-20(22)21-14-18(4-6-23(21)26)24(28)25-10-7-19(27)15-25/h4,6,14,16-17,19,27H,2-3,5,7-13,15H2,1H3. The second-order valence-corrected chi connectivity index (χ2v) is 11.6. The smallest absolute Gasteiger partial charge is 0.253 e. The molecule has 174 valence electrons. The lowest BCUT2D eigenvalue weighted by Crippen LogP contribution is -2.29. The first-order chi connectivity index (χ1) is 15.4. The summed E-state index contributed by atoms with van der Waals surface area (Å²) < 4.78 is 33.2. The summed E-state index contributed by atoms with van der Waals surface area (Å²) in [4.78, 5) is 14.7. The Labute approximate surface area is 189 Å². The summed E-state index contributed by atoms with van der Waals surface area (Å²) in [5.74, 6) is 1.07. The first kappa shape index (κ1) is 21.9. The number of aliphatic hydroxyl groups excluding tert-OH is 1. The molecule has 2 aliphatic heterocycles. The molecule has 1 N–H and O–H groups in total. The highest BCUT2D eigenvalue weighted by molar-refractivity contribution is 7.90. The third-order valence-electron chi connectivity index (χ3n) is 7.63. The molecule has 1 aromatic carbocycles. The molecule has 2 saturated heterocycles. The van der Waals surface area contributed by atoms with E-state index in [1.165, 1.54) is 0 Å². The number of carbonyl (C=O) groups is 1. The van der Waals surface area contributed by atoms with Crippen molar-refractivity contribution in [2.45, 2.75) is 51.6 Å². The summed E-state index contributed by atoms with van der Waals surface area (Å²) in [7, 11) is -3.45. The Morgan fingerprint density at radius 2 is 1.94 bits per heavy atom. The van der Waals surface area contributed by atoms with E-state index in [9.17, 15) is 18.3 Å². The van der Waals surface area contributed by atoms with Crippen molar-refractivity contribution in [1.82, 2.24) is 8.87 Å².